The number of aromatic nitrogens is 1. The third-order valence-corrected chi connectivity index (χ3v) is 4.40. The zero-order valence-corrected chi connectivity index (χ0v) is 14.9. The summed E-state index contributed by atoms with van der Waals surface area (Å²) in [5.74, 6) is -1.64. The monoisotopic (exact) mass is 362 g/mol. The highest BCUT2D eigenvalue weighted by Gasteiger charge is 2.27. The molecule has 7 nitrogen and oxygen atoms in total. The van der Waals surface area contributed by atoms with Crippen molar-refractivity contribution in [3.63, 3.8) is 0 Å². The molecule has 0 atom stereocenters. The number of thiophene rings is 1. The molecule has 0 bridgehead atoms. The molecule has 2 aromatic heterocycles. The van der Waals surface area contributed by atoms with E-state index in [-0.39, 0.29) is 34.3 Å². The van der Waals surface area contributed by atoms with Gasteiger partial charge >= 0.3 is 11.9 Å². The standard InChI is InChI=1S/C17H18N2O5S/c1-4-23-16(21)12-10(3)13(17(22)24-5-2)25-15(12)19-14(20)11-8-6-7-9-18-11/h6-9H,4-5H2,1-3H3,(H,19,20). The summed E-state index contributed by atoms with van der Waals surface area (Å²) in [6.07, 6.45) is 1.49. The molecular formula is C17H18N2O5S. The average Bonchev–Trinajstić information content (AvgIpc) is 2.92. The van der Waals surface area contributed by atoms with Crippen molar-refractivity contribution in [2.24, 2.45) is 0 Å². The van der Waals surface area contributed by atoms with Crippen LogP contribution in [0.25, 0.3) is 0 Å². The van der Waals surface area contributed by atoms with Crippen molar-refractivity contribution in [2.75, 3.05) is 18.5 Å². The van der Waals surface area contributed by atoms with Gasteiger partial charge in [-0.05, 0) is 38.5 Å². The number of nitrogens with zero attached hydrogens (tertiary/aromatic N) is 1. The Labute approximate surface area is 149 Å². The summed E-state index contributed by atoms with van der Waals surface area (Å²) in [6, 6.07) is 4.92. The van der Waals surface area contributed by atoms with Crippen molar-refractivity contribution in [1.82, 2.24) is 4.98 Å². The molecule has 0 aliphatic heterocycles. The van der Waals surface area contributed by atoms with E-state index in [9.17, 15) is 14.4 Å². The molecule has 0 aliphatic rings. The van der Waals surface area contributed by atoms with Crippen molar-refractivity contribution >= 4 is 34.2 Å². The lowest BCUT2D eigenvalue weighted by Gasteiger charge is -2.06. The van der Waals surface area contributed by atoms with Crippen molar-refractivity contribution in [2.45, 2.75) is 20.8 Å². The van der Waals surface area contributed by atoms with Gasteiger partial charge in [-0.2, -0.15) is 0 Å². The van der Waals surface area contributed by atoms with Crippen molar-refractivity contribution in [3.8, 4) is 0 Å². The Balaban J connectivity index is 2.41. The number of ether oxygens (including phenoxy) is 2. The summed E-state index contributed by atoms with van der Waals surface area (Å²) in [6.45, 7) is 5.37. The zero-order valence-electron chi connectivity index (χ0n) is 14.1. The topological polar surface area (TPSA) is 94.6 Å². The van der Waals surface area contributed by atoms with Gasteiger partial charge in [-0.25, -0.2) is 9.59 Å². The normalized spacial score (nSPS) is 10.2. The molecule has 0 radical (unpaired) electrons. The number of rotatable bonds is 6. The Bertz CT molecular complexity index is 786. The van der Waals surface area contributed by atoms with Gasteiger partial charge in [-0.1, -0.05) is 6.07 Å². The lowest BCUT2D eigenvalue weighted by Crippen LogP contribution is -2.15. The second kappa shape index (κ2) is 8.39. The lowest BCUT2D eigenvalue weighted by molar-refractivity contribution is 0.0527. The van der Waals surface area contributed by atoms with E-state index in [1.807, 2.05) is 0 Å². The molecule has 2 heterocycles. The van der Waals surface area contributed by atoms with Crippen LogP contribution in [0.2, 0.25) is 0 Å². The van der Waals surface area contributed by atoms with E-state index >= 15 is 0 Å². The Hall–Kier alpha value is -2.74. The maximum absolute atomic E-state index is 12.3. The number of esters is 2. The van der Waals surface area contributed by atoms with E-state index in [2.05, 4.69) is 10.3 Å². The summed E-state index contributed by atoms with van der Waals surface area (Å²) >= 11 is 0.976. The maximum Gasteiger partial charge on any atom is 0.348 e. The van der Waals surface area contributed by atoms with Crippen molar-refractivity contribution in [3.05, 3.63) is 46.1 Å². The summed E-state index contributed by atoms with van der Waals surface area (Å²) in [7, 11) is 0. The second-order valence-electron chi connectivity index (χ2n) is 4.87. The summed E-state index contributed by atoms with van der Waals surface area (Å²) in [5.41, 5.74) is 0.762. The average molecular weight is 362 g/mol. The third kappa shape index (κ3) is 4.21. The van der Waals surface area contributed by atoms with Crippen LogP contribution in [0, 0.1) is 6.92 Å². The Morgan fingerprint density at radius 2 is 1.80 bits per heavy atom. The van der Waals surface area contributed by atoms with Crippen LogP contribution in [-0.2, 0) is 9.47 Å². The largest absolute Gasteiger partial charge is 0.462 e. The fourth-order valence-corrected chi connectivity index (χ4v) is 3.19. The Morgan fingerprint density at radius 3 is 2.40 bits per heavy atom. The summed E-state index contributed by atoms with van der Waals surface area (Å²) in [4.78, 5) is 40.9. The molecule has 0 fully saturated rings. The maximum atomic E-state index is 12.3. The Kier molecular flexibility index (Phi) is 6.24. The first kappa shape index (κ1) is 18.6. The highest BCUT2D eigenvalue weighted by Crippen LogP contribution is 2.34. The molecule has 132 valence electrons. The first-order valence-electron chi connectivity index (χ1n) is 7.69. The van der Waals surface area contributed by atoms with E-state index in [1.54, 1.807) is 39.0 Å². The van der Waals surface area contributed by atoms with Gasteiger partial charge in [0.05, 0.1) is 18.8 Å². The highest BCUT2D eigenvalue weighted by atomic mass is 32.1. The predicted molar refractivity (Wildman–Crippen MR) is 93.2 cm³/mol. The smallest absolute Gasteiger partial charge is 0.348 e. The molecule has 1 N–H and O–H groups in total. The third-order valence-electron chi connectivity index (χ3n) is 3.21. The van der Waals surface area contributed by atoms with Crippen LogP contribution in [-0.4, -0.2) is 36.0 Å². The fraction of sp³-hybridized carbons (Fsp3) is 0.294. The van der Waals surface area contributed by atoms with Gasteiger partial charge in [0.25, 0.3) is 5.91 Å². The van der Waals surface area contributed by atoms with Gasteiger partial charge < -0.3 is 14.8 Å². The molecular weight excluding hydrogens is 344 g/mol. The minimum absolute atomic E-state index is 0.152. The Morgan fingerprint density at radius 1 is 1.12 bits per heavy atom. The number of hydrogen-bond donors (Lipinski definition) is 1. The molecule has 25 heavy (non-hydrogen) atoms. The molecule has 2 rings (SSSR count). The molecule has 0 unspecified atom stereocenters. The summed E-state index contributed by atoms with van der Waals surface area (Å²) < 4.78 is 10.0. The molecule has 0 saturated heterocycles. The van der Waals surface area contributed by atoms with E-state index in [0.717, 1.165) is 11.3 Å². The van der Waals surface area contributed by atoms with Crippen LogP contribution in [0.15, 0.2) is 24.4 Å². The molecule has 0 aromatic carbocycles. The van der Waals surface area contributed by atoms with Crippen LogP contribution in [0.5, 0.6) is 0 Å². The van der Waals surface area contributed by atoms with E-state index in [1.165, 1.54) is 6.20 Å². The number of hydrogen-bond acceptors (Lipinski definition) is 7. The van der Waals surface area contributed by atoms with Gasteiger partial charge in [0.2, 0.25) is 0 Å². The number of anilines is 1. The van der Waals surface area contributed by atoms with Crippen LogP contribution in [0.3, 0.4) is 0 Å². The lowest BCUT2D eigenvalue weighted by atomic mass is 10.1. The van der Waals surface area contributed by atoms with E-state index in [4.69, 9.17) is 9.47 Å². The van der Waals surface area contributed by atoms with E-state index in [0.29, 0.717) is 5.56 Å². The van der Waals surface area contributed by atoms with Gasteiger partial charge in [0.1, 0.15) is 15.6 Å². The number of carbonyl (C=O) groups is 3. The number of amides is 1. The van der Waals surface area contributed by atoms with Gasteiger partial charge in [0.15, 0.2) is 0 Å². The van der Waals surface area contributed by atoms with Crippen LogP contribution >= 0.6 is 11.3 Å². The van der Waals surface area contributed by atoms with Crippen LogP contribution < -0.4 is 5.32 Å². The second-order valence-corrected chi connectivity index (χ2v) is 5.89. The zero-order chi connectivity index (χ0) is 18.4. The predicted octanol–water partition coefficient (Wildman–Crippen LogP) is 3.06. The van der Waals surface area contributed by atoms with Gasteiger partial charge in [-0.3, -0.25) is 9.78 Å². The van der Waals surface area contributed by atoms with Gasteiger partial charge in [-0.15, -0.1) is 11.3 Å². The summed E-state index contributed by atoms with van der Waals surface area (Å²) in [5, 5.41) is 2.86. The van der Waals surface area contributed by atoms with Crippen LogP contribution in [0.1, 0.15) is 49.9 Å². The SMILES string of the molecule is CCOC(=O)c1sc(NC(=O)c2ccccn2)c(C(=O)OCC)c1C. The molecule has 1 amide bonds. The number of carbonyl (C=O) groups excluding carboxylic acids is 3. The van der Waals surface area contributed by atoms with Gasteiger partial charge in [0, 0.05) is 6.20 Å². The molecule has 0 saturated carbocycles. The number of nitrogens with one attached hydrogen (secondary N) is 1. The van der Waals surface area contributed by atoms with Crippen LogP contribution in [0.4, 0.5) is 5.00 Å². The van der Waals surface area contributed by atoms with E-state index < -0.39 is 17.8 Å². The number of pyridine rings is 1. The molecule has 8 heteroatoms. The van der Waals surface area contributed by atoms with Crippen molar-refractivity contribution < 1.29 is 23.9 Å². The minimum Gasteiger partial charge on any atom is -0.462 e. The molecule has 0 spiro atoms. The minimum atomic E-state index is -0.608. The highest BCUT2D eigenvalue weighted by molar-refractivity contribution is 7.18. The van der Waals surface area contributed by atoms with Crippen molar-refractivity contribution in [1.29, 1.82) is 0 Å². The first-order valence-corrected chi connectivity index (χ1v) is 8.51. The molecule has 0 aliphatic carbocycles. The molecule has 2 aromatic rings. The fourth-order valence-electron chi connectivity index (χ4n) is 2.11. The quantitative estimate of drug-likeness (QED) is 0.794. The first-order chi connectivity index (χ1) is 12.0.